The fraction of sp³-hybridized carbons (Fsp3) is 0.263. The first kappa shape index (κ1) is 16.7. The Hall–Kier alpha value is -2.45. The van der Waals surface area contributed by atoms with E-state index in [-0.39, 0.29) is 17.3 Å². The maximum atomic E-state index is 14.1. The molecule has 1 aliphatic carbocycles. The molecule has 0 unspecified atom stereocenters. The van der Waals surface area contributed by atoms with Gasteiger partial charge in [-0.3, -0.25) is 0 Å². The number of benzene rings is 2. The third kappa shape index (κ3) is 2.26. The Morgan fingerprint density at radius 3 is 2.63 bits per heavy atom. The van der Waals surface area contributed by atoms with Crippen LogP contribution in [0, 0.1) is 5.92 Å². The summed E-state index contributed by atoms with van der Waals surface area (Å²) in [6.07, 6.45) is -4.24. The lowest BCUT2D eigenvalue weighted by atomic mass is 9.77. The van der Waals surface area contributed by atoms with Gasteiger partial charge >= 0.3 is 6.18 Å². The highest BCUT2D eigenvalue weighted by atomic mass is 32.1. The van der Waals surface area contributed by atoms with Crippen LogP contribution in [0.5, 0.6) is 0 Å². The molecule has 0 bridgehead atoms. The fourth-order valence-corrected chi connectivity index (χ4v) is 4.89. The molecule has 1 aromatic heterocycles. The molecule has 8 heteroatoms. The van der Waals surface area contributed by atoms with E-state index >= 15 is 0 Å². The number of rotatable bonds is 1. The molecule has 138 valence electrons. The number of aryl methyl sites for hydroxylation is 1. The molecule has 0 fully saturated rings. The van der Waals surface area contributed by atoms with E-state index in [4.69, 9.17) is 0 Å². The molecule has 2 heterocycles. The number of hydrogen-bond acceptors (Lipinski definition) is 5. The summed E-state index contributed by atoms with van der Waals surface area (Å²) < 4.78 is 43.0. The second-order valence-electron chi connectivity index (χ2n) is 6.73. The van der Waals surface area contributed by atoms with Crippen LogP contribution in [-0.2, 0) is 6.42 Å². The minimum atomic E-state index is -4.88. The number of hydrogen-bond donors (Lipinski definition) is 1. The number of hydrazone groups is 1. The molecule has 1 N–H and O–H groups in total. The third-order valence-electron chi connectivity index (χ3n) is 5.22. The molecular weight excluding hydrogens is 375 g/mol. The van der Waals surface area contributed by atoms with Crippen LogP contribution in [0.4, 0.5) is 18.3 Å². The van der Waals surface area contributed by atoms with Gasteiger partial charge < -0.3 is 5.11 Å². The molecule has 2 aromatic carbocycles. The zero-order valence-electron chi connectivity index (χ0n) is 13.9. The van der Waals surface area contributed by atoms with Crippen molar-refractivity contribution in [3.8, 4) is 0 Å². The number of fused-ring (bicyclic) bond motifs is 4. The van der Waals surface area contributed by atoms with Crippen molar-refractivity contribution in [3.63, 3.8) is 0 Å². The van der Waals surface area contributed by atoms with E-state index in [0.717, 1.165) is 21.6 Å². The number of alkyl halides is 3. The molecule has 1 aliphatic heterocycles. The first-order valence-corrected chi connectivity index (χ1v) is 9.33. The Labute approximate surface area is 156 Å². The summed E-state index contributed by atoms with van der Waals surface area (Å²) in [6, 6.07) is 14.4. The first-order valence-electron chi connectivity index (χ1n) is 8.51. The molecular formula is C19H14F3N3OS. The van der Waals surface area contributed by atoms with Gasteiger partial charge in [0.05, 0.1) is 21.8 Å². The number of aliphatic hydroxyl groups is 1. The van der Waals surface area contributed by atoms with E-state index in [1.165, 1.54) is 0 Å². The van der Waals surface area contributed by atoms with Crippen LogP contribution in [0.25, 0.3) is 10.2 Å². The fourth-order valence-electron chi connectivity index (χ4n) is 3.92. The van der Waals surface area contributed by atoms with Crippen molar-refractivity contribution in [2.75, 3.05) is 5.01 Å². The summed E-state index contributed by atoms with van der Waals surface area (Å²) >= 11 is 1.09. The predicted molar refractivity (Wildman–Crippen MR) is 97.9 cm³/mol. The molecule has 2 aliphatic rings. The SMILES string of the molecule is O[C@@]1(C(F)(F)F)[C@@H]2CCc3ccccc3C2=NN1c1nc2ccccc2s1. The van der Waals surface area contributed by atoms with E-state index in [0.29, 0.717) is 22.5 Å². The molecule has 4 nitrogen and oxygen atoms in total. The van der Waals surface area contributed by atoms with Crippen molar-refractivity contribution in [1.29, 1.82) is 0 Å². The summed E-state index contributed by atoms with van der Waals surface area (Å²) in [5.41, 5.74) is -0.638. The standard InChI is InChI=1S/C19H14F3N3OS/c20-19(21,22)18(26)13-10-9-11-5-1-2-6-12(11)16(13)24-25(18)17-23-14-7-3-4-8-15(14)27-17/h1-8,13,26H,9-10H2/t13-,18-/m1/s1. The highest BCUT2D eigenvalue weighted by molar-refractivity contribution is 7.22. The lowest BCUT2D eigenvalue weighted by molar-refractivity contribution is -0.268. The normalized spacial score (nSPS) is 24.7. The van der Waals surface area contributed by atoms with Crippen LogP contribution in [0.3, 0.4) is 0 Å². The number of nitrogens with zero attached hydrogens (tertiary/aromatic N) is 3. The second kappa shape index (κ2) is 5.53. The predicted octanol–water partition coefficient (Wildman–Crippen LogP) is 4.33. The summed E-state index contributed by atoms with van der Waals surface area (Å²) in [7, 11) is 0. The van der Waals surface area contributed by atoms with Crippen molar-refractivity contribution >= 4 is 32.4 Å². The molecule has 5 rings (SSSR count). The van der Waals surface area contributed by atoms with Crippen molar-refractivity contribution in [3.05, 3.63) is 59.7 Å². The molecule has 2 atom stereocenters. The van der Waals surface area contributed by atoms with Crippen molar-refractivity contribution < 1.29 is 18.3 Å². The lowest BCUT2D eigenvalue weighted by Crippen LogP contribution is -2.60. The Balaban J connectivity index is 1.71. The maximum Gasteiger partial charge on any atom is 0.439 e. The van der Waals surface area contributed by atoms with Crippen molar-refractivity contribution in [1.82, 2.24) is 4.98 Å². The van der Waals surface area contributed by atoms with Crippen LogP contribution < -0.4 is 5.01 Å². The van der Waals surface area contributed by atoms with Crippen LogP contribution >= 0.6 is 11.3 Å². The minimum Gasteiger partial charge on any atom is -0.362 e. The van der Waals surface area contributed by atoms with Crippen LogP contribution in [0.2, 0.25) is 0 Å². The lowest BCUT2D eigenvalue weighted by Gasteiger charge is -2.38. The molecule has 0 spiro atoms. The number of anilines is 1. The highest BCUT2D eigenvalue weighted by Crippen LogP contribution is 2.51. The molecule has 0 saturated carbocycles. The van der Waals surface area contributed by atoms with Gasteiger partial charge in [-0.25, -0.2) is 4.98 Å². The average molecular weight is 389 g/mol. The van der Waals surface area contributed by atoms with E-state index in [9.17, 15) is 18.3 Å². The largest absolute Gasteiger partial charge is 0.439 e. The van der Waals surface area contributed by atoms with Gasteiger partial charge in [0.25, 0.3) is 5.72 Å². The van der Waals surface area contributed by atoms with Gasteiger partial charge in [-0.2, -0.15) is 23.3 Å². The Kier molecular flexibility index (Phi) is 3.42. The van der Waals surface area contributed by atoms with Gasteiger partial charge in [-0.1, -0.05) is 47.7 Å². The Bertz CT molecular complexity index is 1040. The van der Waals surface area contributed by atoms with Crippen LogP contribution in [-0.4, -0.2) is 27.7 Å². The third-order valence-corrected chi connectivity index (χ3v) is 6.24. The smallest absolute Gasteiger partial charge is 0.362 e. The van der Waals surface area contributed by atoms with E-state index in [1.54, 1.807) is 36.4 Å². The first-order chi connectivity index (χ1) is 12.9. The molecule has 0 saturated heterocycles. The van der Waals surface area contributed by atoms with Crippen LogP contribution in [0.1, 0.15) is 17.5 Å². The molecule has 27 heavy (non-hydrogen) atoms. The Morgan fingerprint density at radius 2 is 1.85 bits per heavy atom. The summed E-state index contributed by atoms with van der Waals surface area (Å²) in [4.78, 5) is 4.29. The molecule has 0 radical (unpaired) electrons. The van der Waals surface area contributed by atoms with Gasteiger partial charge in [-0.15, -0.1) is 0 Å². The number of aromatic nitrogens is 1. The Morgan fingerprint density at radius 1 is 1.11 bits per heavy atom. The van der Waals surface area contributed by atoms with Gasteiger partial charge in [0.15, 0.2) is 0 Å². The summed E-state index contributed by atoms with van der Waals surface area (Å²) in [6.45, 7) is 0. The van der Waals surface area contributed by atoms with E-state index in [2.05, 4.69) is 10.1 Å². The topological polar surface area (TPSA) is 48.7 Å². The number of halogens is 3. The number of thiazole rings is 1. The van der Waals surface area contributed by atoms with E-state index in [1.807, 2.05) is 12.1 Å². The van der Waals surface area contributed by atoms with Gasteiger partial charge in [0, 0.05) is 5.56 Å². The maximum absolute atomic E-state index is 14.1. The van der Waals surface area contributed by atoms with Gasteiger partial charge in [0.2, 0.25) is 5.13 Å². The highest BCUT2D eigenvalue weighted by Gasteiger charge is 2.68. The van der Waals surface area contributed by atoms with Gasteiger partial charge in [-0.05, 0) is 30.5 Å². The van der Waals surface area contributed by atoms with Crippen LogP contribution in [0.15, 0.2) is 53.6 Å². The summed E-state index contributed by atoms with van der Waals surface area (Å²) in [5.74, 6) is -1.15. The van der Waals surface area contributed by atoms with Crippen molar-refractivity contribution in [2.45, 2.75) is 24.7 Å². The monoisotopic (exact) mass is 389 g/mol. The second-order valence-corrected chi connectivity index (χ2v) is 7.74. The molecule has 3 aromatic rings. The summed E-state index contributed by atoms with van der Waals surface area (Å²) in [5, 5.41) is 15.9. The average Bonchev–Trinajstić information content (AvgIpc) is 3.21. The van der Waals surface area contributed by atoms with E-state index < -0.39 is 17.8 Å². The minimum absolute atomic E-state index is 0.0374. The zero-order valence-corrected chi connectivity index (χ0v) is 14.8. The quantitative estimate of drug-likeness (QED) is 0.674. The van der Waals surface area contributed by atoms with Gasteiger partial charge in [0.1, 0.15) is 0 Å². The van der Waals surface area contributed by atoms with Crippen molar-refractivity contribution in [2.24, 2.45) is 11.0 Å². The zero-order chi connectivity index (χ0) is 18.8. The molecule has 0 amide bonds. The number of para-hydroxylation sites is 1.